The molecule has 49 heavy (non-hydrogen) atoms. The van der Waals surface area contributed by atoms with Crippen LogP contribution in [0.1, 0.15) is 60.6 Å². The highest BCUT2D eigenvalue weighted by molar-refractivity contribution is 6.06. The van der Waals surface area contributed by atoms with Crippen molar-refractivity contribution in [3.05, 3.63) is 65.5 Å². The maximum Gasteiger partial charge on any atom is 0.340 e. The Kier molecular flexibility index (Phi) is 6.93. The average molecular weight is 670 g/mol. The lowest BCUT2D eigenvalue weighted by Gasteiger charge is -2.71. The maximum atomic E-state index is 14.4. The number of piperidine rings is 1. The van der Waals surface area contributed by atoms with E-state index in [-0.39, 0.29) is 53.7 Å². The van der Waals surface area contributed by atoms with E-state index in [2.05, 4.69) is 22.1 Å². The highest BCUT2D eigenvalue weighted by Gasteiger charge is 2.92. The Morgan fingerprint density at radius 3 is 2.65 bits per heavy atom. The molecule has 7 fully saturated rings. The van der Waals surface area contributed by atoms with E-state index < -0.39 is 28.2 Å². The molecule has 1 spiro atoms. The molecule has 7 aliphatic rings. The number of methoxy groups -OCH3 is 2. The molecule has 13 atom stereocenters. The lowest BCUT2D eigenvalue weighted by Crippen LogP contribution is -2.82. The Bertz CT molecular complexity index is 1730. The van der Waals surface area contributed by atoms with Gasteiger partial charge in [0.05, 0.1) is 23.5 Å². The number of anilines is 1. The summed E-state index contributed by atoms with van der Waals surface area (Å²) in [5, 5.41) is 28.8. The number of rotatable bonds is 8. The summed E-state index contributed by atoms with van der Waals surface area (Å²) in [7, 11) is 3.52. The second-order valence-corrected chi connectivity index (χ2v) is 16.0. The van der Waals surface area contributed by atoms with Crippen molar-refractivity contribution in [1.29, 1.82) is 0 Å². The van der Waals surface area contributed by atoms with Gasteiger partial charge >= 0.3 is 5.97 Å². The molecule has 1 aromatic carbocycles. The third-order valence-electron chi connectivity index (χ3n) is 14.6. The molecule has 0 radical (unpaired) electrons. The van der Waals surface area contributed by atoms with Gasteiger partial charge in [0.2, 0.25) is 5.91 Å². The van der Waals surface area contributed by atoms with Crippen molar-refractivity contribution in [2.75, 3.05) is 32.6 Å². The largest absolute Gasteiger partial charge is 0.454 e. The van der Waals surface area contributed by atoms with Crippen LogP contribution in [0.4, 0.5) is 5.69 Å². The Balaban J connectivity index is 1.06. The lowest BCUT2D eigenvalue weighted by molar-refractivity contribution is -0.333. The summed E-state index contributed by atoms with van der Waals surface area (Å²) in [6, 6.07) is 10.8. The van der Waals surface area contributed by atoms with Crippen LogP contribution in [0.5, 0.6) is 0 Å². The van der Waals surface area contributed by atoms with Crippen molar-refractivity contribution in [3.8, 4) is 0 Å². The fourth-order valence-corrected chi connectivity index (χ4v) is 13.1. The summed E-state index contributed by atoms with van der Waals surface area (Å²) in [6.45, 7) is 5.33. The number of ether oxygens (including phenoxy) is 3. The molecule has 1 aliphatic heterocycles. The number of carbonyl (C=O) groups is 2. The average Bonchev–Trinajstić information content (AvgIpc) is 3.64. The van der Waals surface area contributed by atoms with Gasteiger partial charge in [-0.3, -0.25) is 14.7 Å². The number of para-hydroxylation sites is 1. The summed E-state index contributed by atoms with van der Waals surface area (Å²) in [6.07, 6.45) is 7.89. The van der Waals surface area contributed by atoms with E-state index in [9.17, 15) is 19.8 Å². The summed E-state index contributed by atoms with van der Waals surface area (Å²) in [5.41, 5.74) is -1.43. The maximum absolute atomic E-state index is 14.4. The van der Waals surface area contributed by atoms with Gasteiger partial charge < -0.3 is 29.7 Å². The number of nitrogens with zero attached hydrogens (tertiary/aromatic N) is 2. The van der Waals surface area contributed by atoms with Gasteiger partial charge in [0.15, 0.2) is 0 Å². The molecule has 10 heteroatoms. The highest BCUT2D eigenvalue weighted by atomic mass is 16.6. The van der Waals surface area contributed by atoms with Crippen molar-refractivity contribution in [3.63, 3.8) is 0 Å². The normalized spacial score (nSPS) is 45.2. The lowest BCUT2D eigenvalue weighted by atomic mass is 9.42. The topological polar surface area (TPSA) is 130 Å². The van der Waals surface area contributed by atoms with Crippen LogP contribution in [-0.4, -0.2) is 94.3 Å². The second kappa shape index (κ2) is 10.7. The predicted octanol–water partition coefficient (Wildman–Crippen LogP) is 3.85. The Morgan fingerprint density at radius 2 is 1.92 bits per heavy atom. The smallest absolute Gasteiger partial charge is 0.340 e. The van der Waals surface area contributed by atoms with Crippen molar-refractivity contribution in [1.82, 2.24) is 9.88 Å². The van der Waals surface area contributed by atoms with Crippen LogP contribution < -0.4 is 5.32 Å². The molecule has 6 saturated carbocycles. The van der Waals surface area contributed by atoms with Crippen molar-refractivity contribution in [2.45, 2.75) is 81.0 Å². The summed E-state index contributed by atoms with van der Waals surface area (Å²) in [4.78, 5) is 34.1. The van der Waals surface area contributed by atoms with Gasteiger partial charge in [0, 0.05) is 74.4 Å². The number of nitrogens with one attached hydrogen (secondary N) is 1. The van der Waals surface area contributed by atoms with Crippen molar-refractivity contribution >= 4 is 23.6 Å². The number of esters is 1. The van der Waals surface area contributed by atoms with E-state index in [4.69, 9.17) is 14.2 Å². The predicted molar refractivity (Wildman–Crippen MR) is 180 cm³/mol. The molecule has 10 nitrogen and oxygen atoms in total. The molecule has 3 N–H and O–H groups in total. The molecule has 260 valence electrons. The first-order chi connectivity index (χ1) is 23.6. The van der Waals surface area contributed by atoms with E-state index >= 15 is 0 Å². The minimum Gasteiger partial charge on any atom is -0.454 e. The minimum atomic E-state index is -1.29. The highest BCUT2D eigenvalue weighted by Crippen LogP contribution is 2.84. The second-order valence-electron chi connectivity index (χ2n) is 16.0. The van der Waals surface area contributed by atoms with Gasteiger partial charge in [-0.2, -0.15) is 0 Å². The number of aromatic nitrogens is 1. The van der Waals surface area contributed by atoms with Gasteiger partial charge in [0.25, 0.3) is 0 Å². The fourth-order valence-electron chi connectivity index (χ4n) is 13.1. The number of aryl methyl sites for hydroxylation is 1. The van der Waals surface area contributed by atoms with E-state index in [1.807, 2.05) is 19.1 Å². The zero-order valence-corrected chi connectivity index (χ0v) is 28.7. The standard InChI is InChI=1S/C39H47N3O7/c1-5-42-20-36(49-35(44)23-8-6-7-9-26(23)41-31(43)13-12-22-11-10-21(2)40-19-22)15-14-30(48-4)38-28(36)17-25(34(38)42)37(45)18-27(47-3)32-24-16-29(38)39(37,46)33(24)32/h6-13,19,24-25,27-30,32-34,45-46H,5,14-18,20H2,1-4H3,(H,41,43)/b13-12+/t24-,25-,27+,28-,29+,30+,32?,33-,34?,36-,37+,38+,39+/m1/s1. The van der Waals surface area contributed by atoms with Gasteiger partial charge in [-0.05, 0) is 86.7 Å². The number of pyridine rings is 1. The van der Waals surface area contributed by atoms with Gasteiger partial charge in [-0.1, -0.05) is 25.1 Å². The monoisotopic (exact) mass is 669 g/mol. The first-order valence-corrected chi connectivity index (χ1v) is 18.1. The van der Waals surface area contributed by atoms with Gasteiger partial charge in [-0.15, -0.1) is 0 Å². The zero-order chi connectivity index (χ0) is 34.1. The Hall–Kier alpha value is -3.15. The quantitative estimate of drug-likeness (QED) is 0.284. The van der Waals surface area contributed by atoms with Crippen LogP contribution >= 0.6 is 0 Å². The molecule has 2 unspecified atom stereocenters. The van der Waals surface area contributed by atoms with Crippen LogP contribution in [0, 0.1) is 47.8 Å². The molecule has 2 aromatic rings. The number of amides is 1. The van der Waals surface area contributed by atoms with Crippen LogP contribution in [0.3, 0.4) is 0 Å². The summed E-state index contributed by atoms with van der Waals surface area (Å²) >= 11 is 0. The van der Waals surface area contributed by atoms with E-state index in [0.717, 1.165) is 24.2 Å². The number of hydrogen-bond donors (Lipinski definition) is 3. The van der Waals surface area contributed by atoms with Gasteiger partial charge in [0.1, 0.15) is 16.8 Å². The summed E-state index contributed by atoms with van der Waals surface area (Å²) < 4.78 is 19.2. The number of carbonyl (C=O) groups excluding carboxylic acids is 2. The SMILES string of the molecule is CCN1C[C@]2(OC(=O)c3ccccc3NC(=O)/C=C/c3ccc(C)nc3)CC[C@H](OC)[C@]34C1[C@@H](C[C@H]23)[C@@]1(O)C[C@H](OC)C2[C@H]3C[C@@H]4[C@]1(O)[C@@H]23. The molecule has 1 aromatic heterocycles. The zero-order valence-electron chi connectivity index (χ0n) is 28.7. The van der Waals surface area contributed by atoms with Crippen LogP contribution in [0.15, 0.2) is 48.7 Å². The molecule has 5 bridgehead atoms. The molecular formula is C39H47N3O7. The molecule has 2 heterocycles. The molecule has 6 aliphatic carbocycles. The number of benzene rings is 1. The van der Waals surface area contributed by atoms with E-state index in [1.165, 1.54) is 6.08 Å². The summed E-state index contributed by atoms with van der Waals surface area (Å²) in [5.74, 6) is -0.665. The van der Waals surface area contributed by atoms with E-state index in [0.29, 0.717) is 49.4 Å². The molecule has 9 rings (SSSR count). The minimum absolute atomic E-state index is 0.00324. The van der Waals surface area contributed by atoms with Crippen LogP contribution in [0.2, 0.25) is 0 Å². The first-order valence-electron chi connectivity index (χ1n) is 18.1. The number of aliphatic hydroxyl groups is 2. The van der Waals surface area contributed by atoms with Crippen molar-refractivity contribution in [2.24, 2.45) is 40.9 Å². The number of hydrogen-bond acceptors (Lipinski definition) is 9. The van der Waals surface area contributed by atoms with Crippen LogP contribution in [-0.2, 0) is 19.0 Å². The Labute approximate surface area is 287 Å². The van der Waals surface area contributed by atoms with Crippen molar-refractivity contribution < 1.29 is 34.0 Å². The number of likely N-dealkylation sites (tertiary alicyclic amines) is 1. The number of likely N-dealkylation sites (N-methyl/N-ethyl adjacent to an activating group) is 1. The van der Waals surface area contributed by atoms with Crippen LogP contribution in [0.25, 0.3) is 6.08 Å². The van der Waals surface area contributed by atoms with E-state index in [1.54, 1.807) is 50.8 Å². The fraction of sp³-hybridized carbons (Fsp3) is 0.615. The number of fused-ring (bicyclic) bond motifs is 2. The first kappa shape index (κ1) is 31.8. The Morgan fingerprint density at radius 1 is 1.10 bits per heavy atom. The van der Waals surface area contributed by atoms with Gasteiger partial charge in [-0.25, -0.2) is 4.79 Å². The third kappa shape index (κ3) is 3.92. The third-order valence-corrected chi connectivity index (χ3v) is 14.6. The molecule has 1 saturated heterocycles. The molecular weight excluding hydrogens is 622 g/mol. The molecule has 1 amide bonds.